The van der Waals surface area contributed by atoms with Crippen LogP contribution in [0, 0.1) is 10.8 Å². The van der Waals surface area contributed by atoms with Gasteiger partial charge in [0.15, 0.2) is 0 Å². The first-order valence-corrected chi connectivity index (χ1v) is 8.31. The fourth-order valence-electron chi connectivity index (χ4n) is 4.14. The zero-order valence-corrected chi connectivity index (χ0v) is 14.5. The van der Waals surface area contributed by atoms with E-state index in [9.17, 15) is 5.11 Å². The van der Waals surface area contributed by atoms with Crippen LogP contribution in [-0.4, -0.2) is 48.3 Å². The first-order valence-electron chi connectivity index (χ1n) is 8.31. The van der Waals surface area contributed by atoms with Crippen LogP contribution in [0.3, 0.4) is 0 Å². The number of nitrogens with zero attached hydrogens (tertiary/aromatic N) is 1. The van der Waals surface area contributed by atoms with E-state index in [1.165, 1.54) is 19.3 Å². The number of nitrogens with one attached hydrogen (secondary N) is 1. The summed E-state index contributed by atoms with van der Waals surface area (Å²) in [5.41, 5.74) is 0.812. The number of aliphatic hydroxyl groups excluding tert-OH is 1. The largest absolute Gasteiger partial charge is 0.390 e. The van der Waals surface area contributed by atoms with Crippen molar-refractivity contribution in [3.63, 3.8) is 0 Å². The maximum Gasteiger partial charge on any atom is 0.0791 e. The lowest BCUT2D eigenvalue weighted by Gasteiger charge is -2.45. The molecule has 120 valence electrons. The Morgan fingerprint density at radius 2 is 1.60 bits per heavy atom. The Morgan fingerprint density at radius 3 is 2.05 bits per heavy atom. The number of likely N-dealkylation sites (N-methyl/N-ethyl adjacent to an activating group) is 1. The van der Waals surface area contributed by atoms with Crippen LogP contribution >= 0.6 is 0 Å². The molecule has 0 saturated heterocycles. The number of hydrogen-bond acceptors (Lipinski definition) is 3. The first-order chi connectivity index (χ1) is 9.17. The number of hydrogen-bond donors (Lipinski definition) is 2. The molecule has 0 aliphatic heterocycles. The molecule has 1 aliphatic carbocycles. The van der Waals surface area contributed by atoms with Crippen molar-refractivity contribution in [3.05, 3.63) is 0 Å². The highest BCUT2D eigenvalue weighted by atomic mass is 16.3. The van der Waals surface area contributed by atoms with Crippen LogP contribution in [0.5, 0.6) is 0 Å². The fourth-order valence-corrected chi connectivity index (χ4v) is 4.14. The van der Waals surface area contributed by atoms with Gasteiger partial charge in [-0.3, -0.25) is 0 Å². The minimum absolute atomic E-state index is 0.261. The summed E-state index contributed by atoms with van der Waals surface area (Å²) in [6.07, 6.45) is 3.46. The van der Waals surface area contributed by atoms with E-state index in [1.807, 2.05) is 0 Å². The predicted octanol–water partition coefficient (Wildman–Crippen LogP) is 2.88. The Morgan fingerprint density at radius 1 is 1.10 bits per heavy atom. The summed E-state index contributed by atoms with van der Waals surface area (Å²) in [4.78, 5) is 2.28. The second kappa shape index (κ2) is 7.24. The van der Waals surface area contributed by atoms with E-state index < -0.39 is 0 Å². The molecule has 0 aromatic carbocycles. The van der Waals surface area contributed by atoms with E-state index in [0.29, 0.717) is 23.4 Å². The van der Waals surface area contributed by atoms with Crippen LogP contribution in [0.15, 0.2) is 0 Å². The molecule has 3 heteroatoms. The number of rotatable bonds is 7. The molecule has 1 unspecified atom stereocenters. The Balaban J connectivity index is 2.40. The highest BCUT2D eigenvalue weighted by molar-refractivity contribution is 4.92. The quantitative estimate of drug-likeness (QED) is 0.754. The predicted molar refractivity (Wildman–Crippen MR) is 87.0 cm³/mol. The standard InChI is InChI=1S/C17H36N2O/c1-7-19(8-2)12-15(20)11-18-14-9-16(3,4)13-17(5,6)10-14/h14-15,18,20H,7-13H2,1-6H3. The van der Waals surface area contributed by atoms with Crippen molar-refractivity contribution in [1.82, 2.24) is 10.2 Å². The molecule has 0 aromatic rings. The Labute approximate surface area is 126 Å². The minimum Gasteiger partial charge on any atom is -0.390 e. The van der Waals surface area contributed by atoms with E-state index in [0.717, 1.165) is 19.6 Å². The van der Waals surface area contributed by atoms with E-state index in [-0.39, 0.29) is 6.10 Å². The zero-order valence-electron chi connectivity index (χ0n) is 14.5. The van der Waals surface area contributed by atoms with Crippen LogP contribution in [0.4, 0.5) is 0 Å². The molecule has 1 rings (SSSR count). The summed E-state index contributed by atoms with van der Waals surface area (Å²) in [6.45, 7) is 17.3. The second-order valence-electron chi connectivity index (χ2n) is 8.16. The van der Waals surface area contributed by atoms with Crippen LogP contribution in [-0.2, 0) is 0 Å². The molecule has 0 heterocycles. The molecular weight excluding hydrogens is 248 g/mol. The van der Waals surface area contributed by atoms with Crippen molar-refractivity contribution in [3.8, 4) is 0 Å². The molecule has 1 saturated carbocycles. The molecule has 3 nitrogen and oxygen atoms in total. The van der Waals surface area contributed by atoms with Gasteiger partial charge in [-0.05, 0) is 43.2 Å². The summed E-state index contributed by atoms with van der Waals surface area (Å²) in [5, 5.41) is 13.8. The highest BCUT2D eigenvalue weighted by Crippen LogP contribution is 2.45. The van der Waals surface area contributed by atoms with Crippen molar-refractivity contribution in [2.75, 3.05) is 26.2 Å². The maximum absolute atomic E-state index is 10.2. The van der Waals surface area contributed by atoms with E-state index in [2.05, 4.69) is 51.8 Å². The lowest BCUT2D eigenvalue weighted by molar-refractivity contribution is 0.0690. The Bertz CT molecular complexity index is 269. The molecule has 1 aliphatic rings. The second-order valence-corrected chi connectivity index (χ2v) is 8.16. The molecule has 0 radical (unpaired) electrons. The molecule has 1 fully saturated rings. The monoisotopic (exact) mass is 284 g/mol. The molecular formula is C17H36N2O. The summed E-state index contributed by atoms with van der Waals surface area (Å²) < 4.78 is 0. The summed E-state index contributed by atoms with van der Waals surface area (Å²) in [5.74, 6) is 0. The topological polar surface area (TPSA) is 35.5 Å². The molecule has 0 bridgehead atoms. The normalized spacial score (nSPS) is 24.0. The van der Waals surface area contributed by atoms with Gasteiger partial charge in [-0.15, -0.1) is 0 Å². The van der Waals surface area contributed by atoms with Gasteiger partial charge < -0.3 is 15.3 Å². The zero-order chi connectivity index (χ0) is 15.4. The lowest BCUT2D eigenvalue weighted by atomic mass is 9.63. The van der Waals surface area contributed by atoms with Gasteiger partial charge in [0.1, 0.15) is 0 Å². The van der Waals surface area contributed by atoms with Crippen LogP contribution in [0.1, 0.15) is 60.8 Å². The Kier molecular flexibility index (Phi) is 6.49. The summed E-state index contributed by atoms with van der Waals surface area (Å²) in [6, 6.07) is 0.542. The minimum atomic E-state index is -0.261. The van der Waals surface area contributed by atoms with E-state index >= 15 is 0 Å². The highest BCUT2D eigenvalue weighted by Gasteiger charge is 2.38. The maximum atomic E-state index is 10.2. The average Bonchev–Trinajstić information content (AvgIpc) is 2.29. The van der Waals surface area contributed by atoms with Gasteiger partial charge in [0.05, 0.1) is 6.10 Å². The molecule has 0 aromatic heterocycles. The van der Waals surface area contributed by atoms with Crippen molar-refractivity contribution in [2.45, 2.75) is 73.0 Å². The van der Waals surface area contributed by atoms with Crippen molar-refractivity contribution in [1.29, 1.82) is 0 Å². The van der Waals surface area contributed by atoms with Crippen molar-refractivity contribution in [2.24, 2.45) is 10.8 Å². The van der Waals surface area contributed by atoms with Crippen LogP contribution in [0.25, 0.3) is 0 Å². The third kappa shape index (κ3) is 6.11. The van der Waals surface area contributed by atoms with Gasteiger partial charge in [0, 0.05) is 19.1 Å². The van der Waals surface area contributed by atoms with Gasteiger partial charge in [0.2, 0.25) is 0 Å². The van der Waals surface area contributed by atoms with Crippen molar-refractivity contribution >= 4 is 0 Å². The van der Waals surface area contributed by atoms with Gasteiger partial charge >= 0.3 is 0 Å². The first kappa shape index (κ1) is 17.9. The lowest BCUT2D eigenvalue weighted by Crippen LogP contribution is -2.47. The Hall–Kier alpha value is -0.120. The van der Waals surface area contributed by atoms with Crippen LogP contribution in [0.2, 0.25) is 0 Å². The SMILES string of the molecule is CCN(CC)CC(O)CNC1CC(C)(C)CC(C)(C)C1. The van der Waals surface area contributed by atoms with E-state index in [1.54, 1.807) is 0 Å². The smallest absolute Gasteiger partial charge is 0.0791 e. The molecule has 0 amide bonds. The third-order valence-corrected chi connectivity index (χ3v) is 4.56. The van der Waals surface area contributed by atoms with Gasteiger partial charge in [-0.25, -0.2) is 0 Å². The van der Waals surface area contributed by atoms with Crippen LogP contribution < -0.4 is 5.32 Å². The summed E-state index contributed by atoms with van der Waals surface area (Å²) in [7, 11) is 0. The third-order valence-electron chi connectivity index (χ3n) is 4.56. The van der Waals surface area contributed by atoms with Crippen molar-refractivity contribution < 1.29 is 5.11 Å². The fraction of sp³-hybridized carbons (Fsp3) is 1.00. The van der Waals surface area contributed by atoms with Gasteiger partial charge in [-0.1, -0.05) is 41.5 Å². The summed E-state index contributed by atoms with van der Waals surface area (Å²) >= 11 is 0. The molecule has 0 spiro atoms. The van der Waals surface area contributed by atoms with Gasteiger partial charge in [-0.2, -0.15) is 0 Å². The van der Waals surface area contributed by atoms with Gasteiger partial charge in [0.25, 0.3) is 0 Å². The molecule has 1 atom stereocenters. The molecule has 20 heavy (non-hydrogen) atoms. The average molecular weight is 284 g/mol. The van der Waals surface area contributed by atoms with E-state index in [4.69, 9.17) is 0 Å². The molecule has 2 N–H and O–H groups in total. The number of aliphatic hydroxyl groups is 1.